The molecule has 0 aliphatic heterocycles. The maximum absolute atomic E-state index is 12.6. The van der Waals surface area contributed by atoms with Gasteiger partial charge in [-0.25, -0.2) is 4.79 Å². The van der Waals surface area contributed by atoms with Gasteiger partial charge in [0.15, 0.2) is 0 Å². The van der Waals surface area contributed by atoms with Gasteiger partial charge in [-0.2, -0.15) is 0 Å². The quantitative estimate of drug-likeness (QED) is 0.140. The smallest absolute Gasteiger partial charge is 0.330 e. The van der Waals surface area contributed by atoms with Crippen molar-refractivity contribution in [3.8, 4) is 0 Å². The summed E-state index contributed by atoms with van der Waals surface area (Å²) in [6, 6.07) is 0. The number of carbonyl (C=O) groups excluding carboxylic acids is 3. The zero-order chi connectivity index (χ0) is 33.9. The Bertz CT molecular complexity index is 1290. The summed E-state index contributed by atoms with van der Waals surface area (Å²) in [5, 5.41) is 21.6. The van der Waals surface area contributed by atoms with Crippen LogP contribution in [0.15, 0.2) is 22.8 Å². The summed E-state index contributed by atoms with van der Waals surface area (Å²) >= 11 is 0. The van der Waals surface area contributed by atoms with Gasteiger partial charge in [0.25, 0.3) is 0 Å². The van der Waals surface area contributed by atoms with Gasteiger partial charge in [-0.15, -0.1) is 0 Å². The van der Waals surface area contributed by atoms with Gasteiger partial charge in [0.1, 0.15) is 18.3 Å². The lowest BCUT2D eigenvalue weighted by Crippen LogP contribution is -2.60. The fraction of sp³-hybridized carbons (Fsp3) is 0.778. The van der Waals surface area contributed by atoms with Gasteiger partial charge in [0, 0.05) is 43.6 Å². The Morgan fingerprint density at radius 1 is 0.911 bits per heavy atom. The Morgan fingerprint density at radius 2 is 1.51 bits per heavy atom. The summed E-state index contributed by atoms with van der Waals surface area (Å²) in [6.45, 7) is 18.8. The fourth-order valence-corrected chi connectivity index (χ4v) is 10.5. The molecule has 4 rings (SSSR count). The number of esters is 3. The molecule has 9 heteroatoms. The zero-order valence-corrected chi connectivity index (χ0v) is 28.8. The van der Waals surface area contributed by atoms with Crippen molar-refractivity contribution in [1.29, 1.82) is 0 Å². The number of aliphatic hydroxyl groups is 1. The number of rotatable bonds is 8. The third-order valence-corrected chi connectivity index (χ3v) is 12.9. The van der Waals surface area contributed by atoms with Crippen LogP contribution in [0.1, 0.15) is 114 Å². The average Bonchev–Trinajstić information content (AvgIpc) is 3.15. The predicted octanol–water partition coefficient (Wildman–Crippen LogP) is 6.17. The standard InChI is InChI=1S/C36H54O9/c1-19(32(41)42)11-12-27(43-21(3)37)20(2)25-17-30(45-23(5)39)36(10)31-24(13-16-35(25,36)9)34(8)15-14-29(44-22(4)38)33(6,7)28(34)18-26(31)40/h11,20,25-30,40H,12-18H2,1-10H3,(H,41,42). The molecular formula is C36H54O9. The molecule has 4 aliphatic carbocycles. The maximum Gasteiger partial charge on any atom is 0.330 e. The lowest BCUT2D eigenvalue weighted by atomic mass is 9.42. The second-order valence-corrected chi connectivity index (χ2v) is 15.6. The lowest BCUT2D eigenvalue weighted by Gasteiger charge is -2.63. The molecule has 0 aromatic rings. The molecule has 0 amide bonds. The number of carboxylic acid groups (broad SMARTS) is 1. The minimum atomic E-state index is -1.02. The number of aliphatic hydroxyl groups excluding tert-OH is 1. The van der Waals surface area contributed by atoms with E-state index < -0.39 is 41.1 Å². The van der Waals surface area contributed by atoms with Crippen LogP contribution in [0.25, 0.3) is 0 Å². The minimum absolute atomic E-state index is 0.0438. The van der Waals surface area contributed by atoms with E-state index in [-0.39, 0.29) is 58.6 Å². The van der Waals surface area contributed by atoms with E-state index in [1.807, 2.05) is 6.92 Å². The number of carboxylic acids is 1. The molecule has 4 aliphatic rings. The summed E-state index contributed by atoms with van der Waals surface area (Å²) in [5.41, 5.74) is 0.772. The zero-order valence-electron chi connectivity index (χ0n) is 28.8. The van der Waals surface area contributed by atoms with E-state index in [4.69, 9.17) is 14.2 Å². The van der Waals surface area contributed by atoms with Crippen LogP contribution in [0.4, 0.5) is 0 Å². The first kappa shape index (κ1) is 35.2. The van der Waals surface area contributed by atoms with E-state index in [0.717, 1.165) is 31.3 Å². The molecule has 0 spiro atoms. The number of hydrogen-bond acceptors (Lipinski definition) is 8. The Morgan fingerprint density at radius 3 is 2.07 bits per heavy atom. The number of ether oxygens (including phenoxy) is 3. The van der Waals surface area contributed by atoms with Gasteiger partial charge in [-0.1, -0.05) is 53.2 Å². The van der Waals surface area contributed by atoms with Crippen LogP contribution in [0, 0.1) is 39.4 Å². The van der Waals surface area contributed by atoms with Crippen LogP contribution < -0.4 is 0 Å². The molecule has 0 aromatic carbocycles. The van der Waals surface area contributed by atoms with Crippen molar-refractivity contribution in [2.24, 2.45) is 39.4 Å². The molecule has 2 fully saturated rings. The van der Waals surface area contributed by atoms with Crippen molar-refractivity contribution < 1.29 is 43.6 Å². The van der Waals surface area contributed by atoms with Gasteiger partial charge < -0.3 is 24.4 Å². The van der Waals surface area contributed by atoms with Gasteiger partial charge in [0.2, 0.25) is 0 Å². The first-order valence-electron chi connectivity index (χ1n) is 16.6. The Kier molecular flexibility index (Phi) is 9.51. The number of hydrogen-bond donors (Lipinski definition) is 2. The molecule has 45 heavy (non-hydrogen) atoms. The van der Waals surface area contributed by atoms with Crippen molar-refractivity contribution in [3.63, 3.8) is 0 Å². The molecule has 2 saturated carbocycles. The van der Waals surface area contributed by atoms with Crippen molar-refractivity contribution in [1.82, 2.24) is 0 Å². The molecule has 2 N–H and O–H groups in total. The van der Waals surface area contributed by atoms with Gasteiger partial charge in [-0.05, 0) is 79.6 Å². The summed E-state index contributed by atoms with van der Waals surface area (Å²) in [5.74, 6) is -2.25. The van der Waals surface area contributed by atoms with E-state index in [2.05, 4.69) is 34.6 Å². The van der Waals surface area contributed by atoms with E-state index in [1.54, 1.807) is 6.08 Å². The Labute approximate surface area is 268 Å². The number of allylic oxidation sites excluding steroid dienone is 1. The number of carbonyl (C=O) groups is 4. The largest absolute Gasteiger partial charge is 0.478 e. The predicted molar refractivity (Wildman–Crippen MR) is 168 cm³/mol. The molecule has 0 heterocycles. The van der Waals surface area contributed by atoms with Crippen LogP contribution >= 0.6 is 0 Å². The van der Waals surface area contributed by atoms with Crippen molar-refractivity contribution in [2.75, 3.05) is 0 Å². The van der Waals surface area contributed by atoms with Crippen LogP contribution in [-0.4, -0.2) is 58.5 Å². The first-order chi connectivity index (χ1) is 20.7. The molecular weight excluding hydrogens is 576 g/mol. The molecule has 9 nitrogen and oxygen atoms in total. The molecule has 0 aromatic heterocycles. The van der Waals surface area contributed by atoms with Crippen molar-refractivity contribution >= 4 is 23.9 Å². The highest BCUT2D eigenvalue weighted by molar-refractivity contribution is 5.85. The summed E-state index contributed by atoms with van der Waals surface area (Å²) in [7, 11) is 0. The maximum atomic E-state index is 12.6. The third-order valence-electron chi connectivity index (χ3n) is 12.9. The molecule has 10 unspecified atom stereocenters. The van der Waals surface area contributed by atoms with Crippen LogP contribution in [0.5, 0.6) is 0 Å². The highest BCUT2D eigenvalue weighted by Gasteiger charge is 2.69. The van der Waals surface area contributed by atoms with Crippen molar-refractivity contribution in [3.05, 3.63) is 22.8 Å². The second-order valence-electron chi connectivity index (χ2n) is 15.6. The SMILES string of the molecule is CC(=O)OC(CC=C(C)C(=O)O)C(C)C1CC(OC(C)=O)C2(C)C3=C(CCC12C)C1(C)CCC(OC(C)=O)C(C)(C)C1CC3O. The molecule has 10 atom stereocenters. The highest BCUT2D eigenvalue weighted by atomic mass is 16.6. The van der Waals surface area contributed by atoms with Gasteiger partial charge in [-0.3, -0.25) is 14.4 Å². The summed E-state index contributed by atoms with van der Waals surface area (Å²) in [4.78, 5) is 48.3. The third kappa shape index (κ3) is 5.76. The molecule has 0 radical (unpaired) electrons. The van der Waals surface area contributed by atoms with E-state index in [9.17, 15) is 29.4 Å². The fourth-order valence-electron chi connectivity index (χ4n) is 10.5. The van der Waals surface area contributed by atoms with Crippen LogP contribution in [0.2, 0.25) is 0 Å². The van der Waals surface area contributed by atoms with Crippen molar-refractivity contribution in [2.45, 2.75) is 139 Å². The molecule has 252 valence electrons. The van der Waals surface area contributed by atoms with E-state index in [0.29, 0.717) is 12.8 Å². The lowest BCUT2D eigenvalue weighted by molar-refractivity contribution is -0.171. The monoisotopic (exact) mass is 630 g/mol. The number of fused-ring (bicyclic) bond motifs is 4. The van der Waals surface area contributed by atoms with Crippen LogP contribution in [0.3, 0.4) is 0 Å². The van der Waals surface area contributed by atoms with Gasteiger partial charge in [0.05, 0.1) is 6.10 Å². The Balaban J connectivity index is 1.81. The van der Waals surface area contributed by atoms with E-state index in [1.165, 1.54) is 33.3 Å². The minimum Gasteiger partial charge on any atom is -0.478 e. The van der Waals surface area contributed by atoms with E-state index >= 15 is 0 Å². The highest BCUT2D eigenvalue weighted by Crippen LogP contribution is 2.73. The average molecular weight is 631 g/mol. The second kappa shape index (κ2) is 12.2. The van der Waals surface area contributed by atoms with Crippen LogP contribution in [-0.2, 0) is 33.4 Å². The summed E-state index contributed by atoms with van der Waals surface area (Å²) < 4.78 is 17.8. The Hall–Kier alpha value is -2.68. The normalized spacial score (nSPS) is 38.6. The topological polar surface area (TPSA) is 136 Å². The van der Waals surface area contributed by atoms with Gasteiger partial charge >= 0.3 is 23.9 Å². The number of aliphatic carboxylic acids is 1. The summed E-state index contributed by atoms with van der Waals surface area (Å²) in [6.07, 6.45) is 4.04. The molecule has 0 bridgehead atoms. The first-order valence-corrected chi connectivity index (χ1v) is 16.6. The molecule has 0 saturated heterocycles.